The third-order valence-corrected chi connectivity index (χ3v) is 4.64. The highest BCUT2D eigenvalue weighted by Crippen LogP contribution is 2.32. The van der Waals surface area contributed by atoms with Crippen LogP contribution in [0.4, 0.5) is 13.2 Å². The molecule has 2 aromatic carbocycles. The summed E-state index contributed by atoms with van der Waals surface area (Å²) < 4.78 is 40.1. The molecule has 1 atom stereocenters. The molecule has 0 bridgehead atoms. The van der Waals surface area contributed by atoms with E-state index in [1.807, 2.05) is 30.3 Å². The average molecular weight is 358 g/mol. The highest BCUT2D eigenvalue weighted by molar-refractivity contribution is 5.53. The molecule has 4 nitrogen and oxygen atoms in total. The minimum absolute atomic E-state index is 0.0175. The molecular weight excluding hydrogens is 341 g/mol. The van der Waals surface area contributed by atoms with Crippen molar-refractivity contribution in [1.82, 2.24) is 20.1 Å². The van der Waals surface area contributed by atoms with Crippen molar-refractivity contribution in [3.8, 4) is 11.4 Å². The maximum atomic E-state index is 13.5. The Morgan fingerprint density at radius 3 is 2.54 bits per heavy atom. The molecule has 1 unspecified atom stereocenters. The van der Waals surface area contributed by atoms with Crippen molar-refractivity contribution in [3.63, 3.8) is 0 Å². The third-order valence-electron chi connectivity index (χ3n) is 4.64. The van der Waals surface area contributed by atoms with Crippen LogP contribution in [0.15, 0.2) is 42.5 Å². The molecular formula is C19H17F3N4. The molecule has 3 aromatic rings. The number of aromatic amines is 1. The van der Waals surface area contributed by atoms with Crippen LogP contribution in [0.2, 0.25) is 0 Å². The lowest BCUT2D eigenvalue weighted by Crippen LogP contribution is -2.24. The number of nitrogens with zero attached hydrogens (tertiary/aromatic N) is 3. The van der Waals surface area contributed by atoms with Crippen LogP contribution in [0.1, 0.15) is 30.3 Å². The van der Waals surface area contributed by atoms with Gasteiger partial charge in [0.15, 0.2) is 23.3 Å². The summed E-state index contributed by atoms with van der Waals surface area (Å²) in [5, 5.41) is 7.26. The molecule has 1 aliphatic rings. The number of halogens is 3. The van der Waals surface area contributed by atoms with E-state index >= 15 is 0 Å². The number of H-pyrrole nitrogens is 1. The monoisotopic (exact) mass is 358 g/mol. The van der Waals surface area contributed by atoms with Crippen LogP contribution in [0.5, 0.6) is 0 Å². The number of hydrogen-bond donors (Lipinski definition) is 1. The van der Waals surface area contributed by atoms with Crippen molar-refractivity contribution in [2.24, 2.45) is 0 Å². The van der Waals surface area contributed by atoms with E-state index in [9.17, 15) is 13.2 Å². The van der Waals surface area contributed by atoms with Gasteiger partial charge in [0.1, 0.15) is 5.82 Å². The zero-order valence-electron chi connectivity index (χ0n) is 13.9. The van der Waals surface area contributed by atoms with E-state index < -0.39 is 17.5 Å². The standard InChI is InChI=1S/C19H17F3N4/c20-14-9-12(10-15(21)17(14)22)11-26-8-4-7-16(26)19-23-18(24-25-19)13-5-2-1-3-6-13/h1-3,5-6,9-10,16H,4,7-8,11H2,(H,23,24,25). The predicted octanol–water partition coefficient (Wildman–Crippen LogP) is 4.23. The summed E-state index contributed by atoms with van der Waals surface area (Å²) in [6, 6.07) is 11.7. The number of aromatic nitrogens is 3. The molecule has 0 radical (unpaired) electrons. The van der Waals surface area contributed by atoms with Gasteiger partial charge in [-0.3, -0.25) is 10.00 Å². The van der Waals surface area contributed by atoms with Gasteiger partial charge in [-0.25, -0.2) is 18.2 Å². The zero-order chi connectivity index (χ0) is 18.1. The van der Waals surface area contributed by atoms with Crippen LogP contribution < -0.4 is 0 Å². The van der Waals surface area contributed by atoms with Gasteiger partial charge in [-0.15, -0.1) is 0 Å². The van der Waals surface area contributed by atoms with Gasteiger partial charge in [-0.2, -0.15) is 5.10 Å². The number of rotatable bonds is 4. The Bertz CT molecular complexity index is 887. The second-order valence-electron chi connectivity index (χ2n) is 6.41. The van der Waals surface area contributed by atoms with Crippen LogP contribution in [-0.4, -0.2) is 26.6 Å². The first-order valence-corrected chi connectivity index (χ1v) is 8.47. The smallest absolute Gasteiger partial charge is 0.194 e. The van der Waals surface area contributed by atoms with Crippen LogP contribution in [0, 0.1) is 17.5 Å². The van der Waals surface area contributed by atoms with Crippen molar-refractivity contribution >= 4 is 0 Å². The van der Waals surface area contributed by atoms with E-state index in [1.54, 1.807) is 0 Å². The molecule has 7 heteroatoms. The number of likely N-dealkylation sites (tertiary alicyclic amines) is 1. The van der Waals surface area contributed by atoms with Crippen LogP contribution in [-0.2, 0) is 6.54 Å². The average Bonchev–Trinajstić information content (AvgIpc) is 3.29. The summed E-state index contributed by atoms with van der Waals surface area (Å²) >= 11 is 0. The number of benzene rings is 2. The molecule has 0 amide bonds. The Labute approximate surface area is 148 Å². The first-order chi connectivity index (χ1) is 12.6. The van der Waals surface area contributed by atoms with Crippen molar-refractivity contribution in [1.29, 1.82) is 0 Å². The summed E-state index contributed by atoms with van der Waals surface area (Å²) in [7, 11) is 0. The van der Waals surface area contributed by atoms with Gasteiger partial charge in [-0.05, 0) is 37.1 Å². The third kappa shape index (κ3) is 3.22. The molecule has 4 rings (SSSR count). The topological polar surface area (TPSA) is 44.8 Å². The fraction of sp³-hybridized carbons (Fsp3) is 0.263. The largest absolute Gasteiger partial charge is 0.289 e. The second-order valence-corrected chi connectivity index (χ2v) is 6.41. The molecule has 134 valence electrons. The Balaban J connectivity index is 1.55. The van der Waals surface area contributed by atoms with Crippen molar-refractivity contribution in [2.75, 3.05) is 6.54 Å². The van der Waals surface area contributed by atoms with E-state index in [4.69, 9.17) is 0 Å². The summed E-state index contributed by atoms with van der Waals surface area (Å²) in [6.45, 7) is 1.09. The molecule has 0 spiro atoms. The summed E-state index contributed by atoms with van der Waals surface area (Å²) in [5.41, 5.74) is 1.32. The molecule has 1 N–H and O–H groups in total. The Morgan fingerprint density at radius 2 is 1.81 bits per heavy atom. The quantitative estimate of drug-likeness (QED) is 0.710. The Kier molecular flexibility index (Phi) is 4.46. The highest BCUT2D eigenvalue weighted by atomic mass is 19.2. The first kappa shape index (κ1) is 16.8. The molecule has 1 saturated heterocycles. The van der Waals surface area contributed by atoms with Crippen LogP contribution in [0.25, 0.3) is 11.4 Å². The van der Waals surface area contributed by atoms with Gasteiger partial charge in [0.05, 0.1) is 6.04 Å². The van der Waals surface area contributed by atoms with E-state index in [-0.39, 0.29) is 6.04 Å². The minimum Gasteiger partial charge on any atom is -0.289 e. The highest BCUT2D eigenvalue weighted by Gasteiger charge is 2.29. The van der Waals surface area contributed by atoms with E-state index in [0.717, 1.165) is 42.9 Å². The molecule has 0 aliphatic carbocycles. The van der Waals surface area contributed by atoms with Crippen molar-refractivity contribution < 1.29 is 13.2 Å². The summed E-state index contributed by atoms with van der Waals surface area (Å²) in [5.74, 6) is -2.42. The second kappa shape index (κ2) is 6.92. The van der Waals surface area contributed by atoms with Crippen LogP contribution in [0.3, 0.4) is 0 Å². The lowest BCUT2D eigenvalue weighted by atomic mass is 10.1. The van der Waals surface area contributed by atoms with Gasteiger partial charge < -0.3 is 0 Å². The van der Waals surface area contributed by atoms with Gasteiger partial charge in [-0.1, -0.05) is 30.3 Å². The van der Waals surface area contributed by atoms with E-state index in [2.05, 4.69) is 20.1 Å². The first-order valence-electron chi connectivity index (χ1n) is 8.47. The number of hydrogen-bond acceptors (Lipinski definition) is 3. The molecule has 1 fully saturated rings. The summed E-state index contributed by atoms with van der Waals surface area (Å²) in [6.07, 6.45) is 1.81. The van der Waals surface area contributed by atoms with E-state index in [0.29, 0.717) is 17.9 Å². The maximum Gasteiger partial charge on any atom is 0.194 e. The van der Waals surface area contributed by atoms with Crippen molar-refractivity contribution in [3.05, 3.63) is 71.3 Å². The van der Waals surface area contributed by atoms with Crippen LogP contribution >= 0.6 is 0 Å². The van der Waals surface area contributed by atoms with Gasteiger partial charge >= 0.3 is 0 Å². The molecule has 26 heavy (non-hydrogen) atoms. The normalized spacial score (nSPS) is 17.7. The number of nitrogens with one attached hydrogen (secondary N) is 1. The van der Waals surface area contributed by atoms with Gasteiger partial charge in [0.25, 0.3) is 0 Å². The molecule has 2 heterocycles. The minimum atomic E-state index is -1.44. The maximum absolute atomic E-state index is 13.5. The molecule has 0 saturated carbocycles. The van der Waals surface area contributed by atoms with Gasteiger partial charge in [0.2, 0.25) is 0 Å². The lowest BCUT2D eigenvalue weighted by Gasteiger charge is -2.22. The zero-order valence-corrected chi connectivity index (χ0v) is 13.9. The van der Waals surface area contributed by atoms with Gasteiger partial charge in [0, 0.05) is 12.1 Å². The Hall–Kier alpha value is -2.67. The molecule has 1 aliphatic heterocycles. The fourth-order valence-electron chi connectivity index (χ4n) is 3.40. The predicted molar refractivity (Wildman–Crippen MR) is 90.5 cm³/mol. The Morgan fingerprint density at radius 1 is 1.08 bits per heavy atom. The summed E-state index contributed by atoms with van der Waals surface area (Å²) in [4.78, 5) is 6.66. The van der Waals surface area contributed by atoms with E-state index in [1.165, 1.54) is 0 Å². The fourth-order valence-corrected chi connectivity index (χ4v) is 3.40. The lowest BCUT2D eigenvalue weighted by molar-refractivity contribution is 0.239. The SMILES string of the molecule is Fc1cc(CN2CCCC2c2nc(-c3ccccc3)n[nH]2)cc(F)c1F. The van der Waals surface area contributed by atoms with Crippen molar-refractivity contribution in [2.45, 2.75) is 25.4 Å². The molecule has 1 aromatic heterocycles.